The maximum atomic E-state index is 12.5. The summed E-state index contributed by atoms with van der Waals surface area (Å²) >= 11 is 0. The first-order valence-corrected chi connectivity index (χ1v) is 10.1. The van der Waals surface area contributed by atoms with Crippen molar-refractivity contribution in [3.8, 4) is 0 Å². The topological polar surface area (TPSA) is 51.7 Å². The van der Waals surface area contributed by atoms with Gasteiger partial charge in [0.05, 0.1) is 0 Å². The fraction of sp³-hybridized carbons (Fsp3) is 0.524. The molecule has 1 aromatic rings. The largest absolute Gasteiger partial charge is 0.369 e. The van der Waals surface area contributed by atoms with Crippen molar-refractivity contribution in [3.05, 3.63) is 53.5 Å². The van der Waals surface area contributed by atoms with Gasteiger partial charge in [-0.05, 0) is 30.5 Å². The summed E-state index contributed by atoms with van der Waals surface area (Å²) < 4.78 is 0. The average molecular weight is 367 g/mol. The molecular weight excluding hydrogens is 338 g/mol. The number of nitrogens with one attached hydrogen (secondary N) is 1. The van der Waals surface area contributed by atoms with Gasteiger partial charge in [0.1, 0.15) is 5.69 Å². The van der Waals surface area contributed by atoms with Crippen LogP contribution in [0.2, 0.25) is 0 Å². The van der Waals surface area contributed by atoms with Crippen molar-refractivity contribution >= 4 is 5.91 Å². The summed E-state index contributed by atoms with van der Waals surface area (Å²) in [7, 11) is 0. The molecule has 0 radical (unpaired) electrons. The summed E-state index contributed by atoms with van der Waals surface area (Å²) in [6.45, 7) is 8.42. The predicted octanol–water partition coefficient (Wildman–Crippen LogP) is 1.48. The average Bonchev–Trinajstić information content (AvgIpc) is 2.76. The van der Waals surface area contributed by atoms with Crippen molar-refractivity contribution < 1.29 is 4.79 Å². The van der Waals surface area contributed by atoms with E-state index < -0.39 is 0 Å². The second kappa shape index (κ2) is 8.67. The summed E-state index contributed by atoms with van der Waals surface area (Å²) in [6.07, 6.45) is 11.1. The van der Waals surface area contributed by atoms with Gasteiger partial charge in [0.2, 0.25) is 0 Å². The highest BCUT2D eigenvalue weighted by atomic mass is 16.2. The Balaban J connectivity index is 1.28. The number of nitrogens with zero attached hydrogens (tertiary/aromatic N) is 4. The lowest BCUT2D eigenvalue weighted by molar-refractivity contribution is 0.0730. The number of rotatable bonds is 4. The first-order valence-electron chi connectivity index (χ1n) is 10.1. The Morgan fingerprint density at radius 3 is 2.52 bits per heavy atom. The first-order chi connectivity index (χ1) is 13.3. The van der Waals surface area contributed by atoms with Gasteiger partial charge in [-0.3, -0.25) is 14.7 Å². The number of carbonyl (C=O) groups is 1. The Morgan fingerprint density at radius 2 is 1.85 bits per heavy atom. The normalized spacial score (nSPS) is 21.3. The quantitative estimate of drug-likeness (QED) is 0.874. The molecule has 0 spiro atoms. The lowest BCUT2D eigenvalue weighted by Crippen LogP contribution is -2.46. The Labute approximate surface area is 161 Å². The molecule has 4 rings (SSSR count). The Hall–Kier alpha value is -2.18. The fourth-order valence-electron chi connectivity index (χ4n) is 3.93. The van der Waals surface area contributed by atoms with Crippen LogP contribution in [0.25, 0.3) is 0 Å². The second-order valence-corrected chi connectivity index (χ2v) is 7.47. The molecule has 0 unspecified atom stereocenters. The lowest BCUT2D eigenvalue weighted by atomic mass is 10.1. The van der Waals surface area contributed by atoms with E-state index in [0.29, 0.717) is 5.69 Å². The van der Waals surface area contributed by atoms with Crippen molar-refractivity contribution in [1.29, 1.82) is 0 Å². The molecule has 3 heterocycles. The van der Waals surface area contributed by atoms with Crippen LogP contribution in [0.1, 0.15) is 28.9 Å². The van der Waals surface area contributed by atoms with Gasteiger partial charge in [0, 0.05) is 70.8 Å². The number of hydrogen-bond acceptors (Lipinski definition) is 5. The number of piperazine rings is 2. The van der Waals surface area contributed by atoms with Crippen LogP contribution < -0.4 is 5.32 Å². The minimum atomic E-state index is 0.0467. The van der Waals surface area contributed by atoms with E-state index in [1.165, 1.54) is 17.7 Å². The van der Waals surface area contributed by atoms with Crippen LogP contribution in [0.3, 0.4) is 0 Å². The Kier molecular flexibility index (Phi) is 5.84. The van der Waals surface area contributed by atoms with E-state index in [0.717, 1.165) is 65.3 Å². The predicted molar refractivity (Wildman–Crippen MR) is 106 cm³/mol. The van der Waals surface area contributed by atoms with E-state index in [-0.39, 0.29) is 5.91 Å². The molecule has 1 amide bonds. The Morgan fingerprint density at radius 1 is 1.04 bits per heavy atom. The van der Waals surface area contributed by atoms with E-state index in [1.54, 1.807) is 0 Å². The summed E-state index contributed by atoms with van der Waals surface area (Å²) in [4.78, 5) is 23.8. The van der Waals surface area contributed by atoms with Crippen molar-refractivity contribution in [2.45, 2.75) is 19.4 Å². The molecule has 2 saturated heterocycles. The van der Waals surface area contributed by atoms with Crippen molar-refractivity contribution in [3.63, 3.8) is 0 Å². The van der Waals surface area contributed by atoms with Gasteiger partial charge in [0.25, 0.3) is 5.91 Å². The molecule has 0 atom stereocenters. The van der Waals surface area contributed by atoms with Crippen LogP contribution in [-0.2, 0) is 6.54 Å². The van der Waals surface area contributed by atoms with Crippen molar-refractivity contribution in [2.24, 2.45) is 0 Å². The molecule has 6 heteroatoms. The van der Waals surface area contributed by atoms with Gasteiger partial charge in [0.15, 0.2) is 0 Å². The smallest absolute Gasteiger partial charge is 0.272 e. The standard InChI is InChI=1S/C21H29N5O/c27-21(26-10-8-22-9-11-26)20-7-6-18(16-23-20)17-24-12-14-25(15-13-24)19-4-2-1-3-5-19/h2,4-7,16,22H,1,3,8-15,17H2. The lowest BCUT2D eigenvalue weighted by Gasteiger charge is -2.37. The van der Waals surface area contributed by atoms with Gasteiger partial charge >= 0.3 is 0 Å². The Bertz CT molecular complexity index is 698. The van der Waals surface area contributed by atoms with E-state index in [4.69, 9.17) is 0 Å². The van der Waals surface area contributed by atoms with Crippen LogP contribution in [0.4, 0.5) is 0 Å². The number of aromatic nitrogens is 1. The summed E-state index contributed by atoms with van der Waals surface area (Å²) in [6, 6.07) is 3.94. The molecular formula is C21H29N5O. The van der Waals surface area contributed by atoms with Crippen LogP contribution in [0, 0.1) is 0 Å². The van der Waals surface area contributed by atoms with E-state index >= 15 is 0 Å². The van der Waals surface area contributed by atoms with E-state index in [1.807, 2.05) is 17.2 Å². The zero-order chi connectivity index (χ0) is 18.5. The maximum absolute atomic E-state index is 12.5. The fourth-order valence-corrected chi connectivity index (χ4v) is 3.93. The third-order valence-corrected chi connectivity index (χ3v) is 5.57. The second-order valence-electron chi connectivity index (χ2n) is 7.47. The number of carbonyl (C=O) groups excluding carboxylic acids is 1. The number of amides is 1. The highest BCUT2D eigenvalue weighted by Crippen LogP contribution is 2.17. The zero-order valence-corrected chi connectivity index (χ0v) is 15.9. The third kappa shape index (κ3) is 4.57. The first kappa shape index (κ1) is 18.2. The molecule has 0 saturated carbocycles. The van der Waals surface area contributed by atoms with Crippen LogP contribution in [0.5, 0.6) is 0 Å². The molecule has 0 aromatic carbocycles. The summed E-state index contributed by atoms with van der Waals surface area (Å²) in [5.74, 6) is 0.0467. The molecule has 1 aromatic heterocycles. The molecule has 2 fully saturated rings. The molecule has 3 aliphatic rings. The summed E-state index contributed by atoms with van der Waals surface area (Å²) in [5.41, 5.74) is 3.12. The SMILES string of the molecule is O=C(c1ccc(CN2CCN(C3=CCCC=C3)CC2)cn1)N1CCNCC1. The van der Waals surface area contributed by atoms with Crippen LogP contribution in [-0.4, -0.2) is 77.9 Å². The minimum Gasteiger partial charge on any atom is -0.369 e. The van der Waals surface area contributed by atoms with Crippen LogP contribution >= 0.6 is 0 Å². The molecule has 0 bridgehead atoms. The van der Waals surface area contributed by atoms with E-state index in [2.05, 4.69) is 44.4 Å². The summed E-state index contributed by atoms with van der Waals surface area (Å²) in [5, 5.41) is 3.27. The van der Waals surface area contributed by atoms with Gasteiger partial charge in [-0.25, -0.2) is 0 Å². The zero-order valence-electron chi connectivity index (χ0n) is 15.9. The monoisotopic (exact) mass is 367 g/mol. The highest BCUT2D eigenvalue weighted by Gasteiger charge is 2.20. The van der Waals surface area contributed by atoms with Gasteiger partial charge < -0.3 is 15.1 Å². The molecule has 6 nitrogen and oxygen atoms in total. The molecule has 144 valence electrons. The third-order valence-electron chi connectivity index (χ3n) is 5.57. The van der Waals surface area contributed by atoms with Gasteiger partial charge in [-0.1, -0.05) is 18.2 Å². The molecule has 1 N–H and O–H groups in total. The highest BCUT2D eigenvalue weighted by molar-refractivity contribution is 5.92. The maximum Gasteiger partial charge on any atom is 0.272 e. The van der Waals surface area contributed by atoms with Crippen LogP contribution in [0.15, 0.2) is 42.3 Å². The molecule has 1 aliphatic carbocycles. The van der Waals surface area contributed by atoms with Crippen molar-refractivity contribution in [1.82, 2.24) is 25.0 Å². The molecule has 27 heavy (non-hydrogen) atoms. The molecule has 2 aliphatic heterocycles. The van der Waals surface area contributed by atoms with Gasteiger partial charge in [-0.2, -0.15) is 0 Å². The van der Waals surface area contributed by atoms with Gasteiger partial charge in [-0.15, -0.1) is 0 Å². The number of allylic oxidation sites excluding steroid dienone is 3. The number of hydrogen-bond donors (Lipinski definition) is 1. The number of pyridine rings is 1. The van der Waals surface area contributed by atoms with Crippen molar-refractivity contribution in [2.75, 3.05) is 52.4 Å². The minimum absolute atomic E-state index is 0.0467. The van der Waals surface area contributed by atoms with E-state index in [9.17, 15) is 4.79 Å².